The fourth-order valence-electron chi connectivity index (χ4n) is 5.37. The second-order valence-corrected chi connectivity index (χ2v) is 12.0. The van der Waals surface area contributed by atoms with Crippen LogP contribution in [0, 0.1) is 11.7 Å². The van der Waals surface area contributed by atoms with E-state index in [4.69, 9.17) is 14.2 Å². The molecule has 0 N–H and O–H groups in total. The van der Waals surface area contributed by atoms with Gasteiger partial charge in [-0.25, -0.2) is 4.39 Å². The lowest BCUT2D eigenvalue weighted by Gasteiger charge is -2.36. The lowest BCUT2D eigenvalue weighted by atomic mass is 9.91. The van der Waals surface area contributed by atoms with E-state index in [1.165, 1.54) is 23.4 Å². The van der Waals surface area contributed by atoms with Crippen LogP contribution in [0.1, 0.15) is 78.9 Å². The third-order valence-electron chi connectivity index (χ3n) is 6.91. The van der Waals surface area contributed by atoms with Crippen molar-refractivity contribution in [3.63, 3.8) is 0 Å². The number of hydrogen-bond donors (Lipinski definition) is 0. The number of allylic oxidation sites excluding steroid dienone is 3. The molecular formula is C34H46FNO4. The SMILES string of the molecule is CC(=C(\C(C)C)N(C)CCC1CC(CC(=O)OC(C)(C)C)OC(C)O1)/C(=C/c1ccc(F)cc1)c1ccccc1. The maximum absolute atomic E-state index is 13.6. The van der Waals surface area contributed by atoms with Crippen LogP contribution < -0.4 is 0 Å². The van der Waals surface area contributed by atoms with E-state index in [1.807, 2.05) is 58.0 Å². The molecule has 40 heavy (non-hydrogen) atoms. The smallest absolute Gasteiger partial charge is 0.308 e. The van der Waals surface area contributed by atoms with Crippen LogP contribution in [0.3, 0.4) is 0 Å². The third kappa shape index (κ3) is 9.60. The Kier molecular flexibility index (Phi) is 11.1. The maximum atomic E-state index is 13.6. The number of carbonyl (C=O) groups excluding carboxylic acids is 1. The van der Waals surface area contributed by atoms with Gasteiger partial charge in [-0.1, -0.05) is 56.3 Å². The molecule has 1 heterocycles. The first-order valence-electron chi connectivity index (χ1n) is 14.3. The summed E-state index contributed by atoms with van der Waals surface area (Å²) in [6.07, 6.45) is 3.20. The van der Waals surface area contributed by atoms with Gasteiger partial charge in [-0.3, -0.25) is 4.79 Å². The van der Waals surface area contributed by atoms with Gasteiger partial charge in [0.1, 0.15) is 11.4 Å². The summed E-state index contributed by atoms with van der Waals surface area (Å²) in [6, 6.07) is 16.9. The van der Waals surface area contributed by atoms with Crippen molar-refractivity contribution < 1.29 is 23.4 Å². The number of carbonyl (C=O) groups is 1. The molecule has 2 aromatic rings. The zero-order chi connectivity index (χ0) is 29.4. The molecule has 3 unspecified atom stereocenters. The summed E-state index contributed by atoms with van der Waals surface area (Å²) in [5, 5.41) is 0. The van der Waals surface area contributed by atoms with Crippen molar-refractivity contribution in [3.8, 4) is 0 Å². The van der Waals surface area contributed by atoms with E-state index in [1.54, 1.807) is 0 Å². The lowest BCUT2D eigenvalue weighted by molar-refractivity contribution is -0.237. The summed E-state index contributed by atoms with van der Waals surface area (Å²) in [5.74, 6) is -0.212. The fourth-order valence-corrected chi connectivity index (χ4v) is 5.37. The Morgan fingerprint density at radius 1 is 1.07 bits per heavy atom. The molecule has 5 nitrogen and oxygen atoms in total. The predicted octanol–water partition coefficient (Wildman–Crippen LogP) is 7.87. The molecule has 0 radical (unpaired) electrons. The molecule has 1 aliphatic rings. The van der Waals surface area contributed by atoms with Crippen LogP contribution in [0.4, 0.5) is 4.39 Å². The topological polar surface area (TPSA) is 48.0 Å². The monoisotopic (exact) mass is 551 g/mol. The van der Waals surface area contributed by atoms with Gasteiger partial charge in [0.2, 0.25) is 0 Å². The Bertz CT molecular complexity index is 1160. The Morgan fingerprint density at radius 3 is 2.30 bits per heavy atom. The van der Waals surface area contributed by atoms with E-state index in [0.717, 1.165) is 29.7 Å². The number of ether oxygens (including phenoxy) is 3. The van der Waals surface area contributed by atoms with Crippen LogP contribution in [0.25, 0.3) is 11.6 Å². The van der Waals surface area contributed by atoms with E-state index >= 15 is 0 Å². The minimum absolute atomic E-state index is 0.0179. The van der Waals surface area contributed by atoms with E-state index < -0.39 is 5.60 Å². The summed E-state index contributed by atoms with van der Waals surface area (Å²) >= 11 is 0. The summed E-state index contributed by atoms with van der Waals surface area (Å²) in [4.78, 5) is 14.7. The van der Waals surface area contributed by atoms with Crippen LogP contribution in [0.2, 0.25) is 0 Å². The standard InChI is InChI=1S/C34H46FNO4/c1-23(2)33(24(3)31(27-12-10-9-11-13-27)20-26-14-16-28(35)17-15-26)36(8)19-18-29-21-30(39-25(4)38-29)22-32(37)40-34(5,6)7/h9-17,20,23,25,29-30H,18-19,21-22H2,1-8H3/b31-20-,33-24-. The van der Waals surface area contributed by atoms with E-state index in [-0.39, 0.29) is 42.6 Å². The van der Waals surface area contributed by atoms with Gasteiger partial charge < -0.3 is 19.1 Å². The molecule has 6 heteroatoms. The van der Waals surface area contributed by atoms with Gasteiger partial charge in [0, 0.05) is 25.7 Å². The van der Waals surface area contributed by atoms with Crippen molar-refractivity contribution in [2.24, 2.45) is 5.92 Å². The highest BCUT2D eigenvalue weighted by atomic mass is 19.1. The van der Waals surface area contributed by atoms with Gasteiger partial charge in [0.25, 0.3) is 0 Å². The summed E-state index contributed by atoms with van der Waals surface area (Å²) in [6.45, 7) is 14.9. The van der Waals surface area contributed by atoms with Crippen LogP contribution in [0.15, 0.2) is 65.9 Å². The van der Waals surface area contributed by atoms with Crippen molar-refractivity contribution >= 4 is 17.6 Å². The highest BCUT2D eigenvalue weighted by molar-refractivity contribution is 5.91. The first-order valence-corrected chi connectivity index (χ1v) is 14.3. The second kappa shape index (κ2) is 14.1. The molecule has 1 saturated heterocycles. The van der Waals surface area contributed by atoms with Crippen molar-refractivity contribution in [1.82, 2.24) is 4.90 Å². The Morgan fingerprint density at radius 2 is 1.70 bits per heavy atom. The normalized spacial score (nSPS) is 20.8. The van der Waals surface area contributed by atoms with E-state index in [9.17, 15) is 9.18 Å². The molecule has 218 valence electrons. The molecule has 0 aliphatic carbocycles. The molecule has 0 bridgehead atoms. The number of halogens is 1. The van der Waals surface area contributed by atoms with E-state index in [0.29, 0.717) is 6.42 Å². The molecule has 0 aromatic heterocycles. The van der Waals surface area contributed by atoms with Gasteiger partial charge in [0.05, 0.1) is 18.6 Å². The molecule has 3 rings (SSSR count). The number of hydrogen-bond acceptors (Lipinski definition) is 5. The number of rotatable bonds is 10. The van der Waals surface area contributed by atoms with Gasteiger partial charge in [0.15, 0.2) is 6.29 Å². The summed E-state index contributed by atoms with van der Waals surface area (Å²) < 4.78 is 31.1. The average molecular weight is 552 g/mol. The van der Waals surface area contributed by atoms with Crippen LogP contribution >= 0.6 is 0 Å². The quantitative estimate of drug-likeness (QED) is 0.171. The molecule has 0 saturated carbocycles. The van der Waals surface area contributed by atoms with Crippen LogP contribution in [-0.4, -0.2) is 48.6 Å². The maximum Gasteiger partial charge on any atom is 0.308 e. The van der Waals surface area contributed by atoms with Crippen molar-refractivity contribution in [1.29, 1.82) is 0 Å². The Labute approximate surface area is 240 Å². The number of benzene rings is 2. The van der Waals surface area contributed by atoms with E-state index in [2.05, 4.69) is 50.9 Å². The largest absolute Gasteiger partial charge is 0.460 e. The fraction of sp³-hybridized carbons (Fsp3) is 0.500. The van der Waals surface area contributed by atoms with Crippen molar-refractivity contribution in [2.75, 3.05) is 13.6 Å². The highest BCUT2D eigenvalue weighted by Gasteiger charge is 2.31. The zero-order valence-corrected chi connectivity index (χ0v) is 25.4. The van der Waals surface area contributed by atoms with Crippen LogP contribution in [-0.2, 0) is 19.0 Å². The van der Waals surface area contributed by atoms with Crippen LogP contribution in [0.5, 0.6) is 0 Å². The molecule has 1 fully saturated rings. The second-order valence-electron chi connectivity index (χ2n) is 12.0. The Hall–Kier alpha value is -2.96. The van der Waals surface area contributed by atoms with Gasteiger partial charge >= 0.3 is 5.97 Å². The van der Waals surface area contributed by atoms with Gasteiger partial charge in [-0.05, 0) is 87.4 Å². The summed E-state index contributed by atoms with van der Waals surface area (Å²) in [7, 11) is 2.13. The third-order valence-corrected chi connectivity index (χ3v) is 6.91. The molecule has 1 aliphatic heterocycles. The molecular weight excluding hydrogens is 505 g/mol. The minimum atomic E-state index is -0.517. The number of nitrogens with zero attached hydrogens (tertiary/aromatic N) is 1. The minimum Gasteiger partial charge on any atom is -0.460 e. The molecule has 3 atom stereocenters. The first-order chi connectivity index (χ1) is 18.8. The first kappa shape index (κ1) is 31.6. The zero-order valence-electron chi connectivity index (χ0n) is 25.4. The predicted molar refractivity (Wildman–Crippen MR) is 160 cm³/mol. The van der Waals surface area contributed by atoms with Crippen molar-refractivity contribution in [3.05, 3.63) is 82.8 Å². The molecule has 2 aromatic carbocycles. The average Bonchev–Trinajstić information content (AvgIpc) is 2.86. The van der Waals surface area contributed by atoms with Gasteiger partial charge in [-0.15, -0.1) is 0 Å². The van der Waals surface area contributed by atoms with Crippen molar-refractivity contribution in [2.45, 2.75) is 91.8 Å². The molecule has 0 amide bonds. The Balaban J connectivity index is 1.79. The number of esters is 1. The van der Waals surface area contributed by atoms with Gasteiger partial charge in [-0.2, -0.15) is 0 Å². The lowest BCUT2D eigenvalue weighted by Crippen LogP contribution is -2.40. The summed E-state index contributed by atoms with van der Waals surface area (Å²) in [5.41, 5.74) is 5.07. The molecule has 0 spiro atoms. The highest BCUT2D eigenvalue weighted by Crippen LogP contribution is 2.32.